The molecule has 0 aliphatic carbocycles. The lowest BCUT2D eigenvalue weighted by atomic mass is 10.2. The second-order valence-electron chi connectivity index (χ2n) is 5.53. The largest absolute Gasteiger partial charge is 0.497 e. The molecule has 140 valence electrons. The fraction of sp³-hybridized carbons (Fsp3) is 0.211. The van der Waals surface area contributed by atoms with Gasteiger partial charge in [-0.3, -0.25) is 0 Å². The third kappa shape index (κ3) is 4.65. The van der Waals surface area contributed by atoms with Crippen molar-refractivity contribution in [3.63, 3.8) is 0 Å². The molecular formula is C19H18BrN3O4. The number of hydrogen-bond acceptors (Lipinski definition) is 6. The van der Waals surface area contributed by atoms with Crippen molar-refractivity contribution in [3.05, 3.63) is 64.3 Å². The Kier molecular flexibility index (Phi) is 6.08. The summed E-state index contributed by atoms with van der Waals surface area (Å²) in [6, 6.07) is 14.8. The lowest BCUT2D eigenvalue weighted by molar-refractivity contribution is 0.0516. The zero-order valence-corrected chi connectivity index (χ0v) is 16.5. The summed E-state index contributed by atoms with van der Waals surface area (Å²) in [6.45, 7) is 2.34. The molecule has 0 aliphatic heterocycles. The predicted octanol–water partition coefficient (Wildman–Crippen LogP) is 4.07. The summed E-state index contributed by atoms with van der Waals surface area (Å²) >= 11 is 3.40. The Labute approximate surface area is 165 Å². The van der Waals surface area contributed by atoms with Crippen LogP contribution in [0.1, 0.15) is 23.0 Å². The molecule has 0 fully saturated rings. The van der Waals surface area contributed by atoms with E-state index in [-0.39, 0.29) is 18.2 Å². The first kappa shape index (κ1) is 18.9. The molecule has 2 aromatic carbocycles. The van der Waals surface area contributed by atoms with Gasteiger partial charge in [-0.2, -0.15) is 0 Å². The first-order valence-corrected chi connectivity index (χ1v) is 9.07. The number of hydrogen-bond donors (Lipinski definition) is 0. The normalized spacial score (nSPS) is 10.5. The summed E-state index contributed by atoms with van der Waals surface area (Å²) in [5.74, 6) is 0.953. The summed E-state index contributed by atoms with van der Waals surface area (Å²) in [7, 11) is 1.61. The summed E-state index contributed by atoms with van der Waals surface area (Å²) in [5.41, 5.74) is 0.987. The zero-order chi connectivity index (χ0) is 19.2. The Morgan fingerprint density at radius 1 is 1.15 bits per heavy atom. The number of esters is 1. The maximum Gasteiger partial charge on any atom is 0.364 e. The lowest BCUT2D eigenvalue weighted by Gasteiger charge is -2.10. The van der Waals surface area contributed by atoms with Gasteiger partial charge in [-0.15, -0.1) is 5.10 Å². The van der Waals surface area contributed by atoms with Crippen LogP contribution in [-0.2, 0) is 11.3 Å². The van der Waals surface area contributed by atoms with Crippen LogP contribution in [0, 0.1) is 0 Å². The zero-order valence-electron chi connectivity index (χ0n) is 14.9. The third-order valence-corrected chi connectivity index (χ3v) is 4.15. The molecule has 1 heterocycles. The molecule has 0 atom stereocenters. The first-order valence-electron chi connectivity index (χ1n) is 8.27. The molecule has 0 radical (unpaired) electrons. The average Bonchev–Trinajstić information content (AvgIpc) is 3.05. The van der Waals surface area contributed by atoms with Crippen LogP contribution in [0.2, 0.25) is 0 Å². The Hall–Kier alpha value is -2.87. The molecule has 1 aromatic heterocycles. The van der Waals surface area contributed by atoms with Crippen LogP contribution in [-0.4, -0.2) is 34.7 Å². The van der Waals surface area contributed by atoms with Crippen molar-refractivity contribution in [2.24, 2.45) is 0 Å². The van der Waals surface area contributed by atoms with Crippen LogP contribution in [0.4, 0.5) is 0 Å². The van der Waals surface area contributed by atoms with Gasteiger partial charge in [0, 0.05) is 4.47 Å². The molecule has 0 saturated carbocycles. The maximum absolute atomic E-state index is 12.2. The number of benzene rings is 2. The molecule has 0 N–H and O–H groups in total. The molecule has 27 heavy (non-hydrogen) atoms. The highest BCUT2D eigenvalue weighted by Gasteiger charge is 2.23. The van der Waals surface area contributed by atoms with Crippen molar-refractivity contribution < 1.29 is 19.0 Å². The lowest BCUT2D eigenvalue weighted by Crippen LogP contribution is -2.09. The van der Waals surface area contributed by atoms with E-state index >= 15 is 0 Å². The van der Waals surface area contributed by atoms with Crippen LogP contribution in [0.25, 0.3) is 0 Å². The molecule has 0 amide bonds. The standard InChI is InChI=1S/C19H18BrN3O4/c1-3-26-19(24)17-18(27-16-6-4-5-14(20)11-16)23(22-21-17)12-13-7-9-15(25-2)10-8-13/h4-11H,3,12H2,1-2H3. The molecule has 8 heteroatoms. The van der Waals surface area contributed by atoms with Crippen LogP contribution >= 0.6 is 15.9 Å². The van der Waals surface area contributed by atoms with E-state index in [1.165, 1.54) is 4.68 Å². The highest BCUT2D eigenvalue weighted by molar-refractivity contribution is 9.10. The summed E-state index contributed by atoms with van der Waals surface area (Å²) in [5, 5.41) is 8.03. The van der Waals surface area contributed by atoms with Crippen LogP contribution in [0.15, 0.2) is 53.0 Å². The Morgan fingerprint density at radius 2 is 1.93 bits per heavy atom. The highest BCUT2D eigenvalue weighted by atomic mass is 79.9. The molecule has 0 bridgehead atoms. The Morgan fingerprint density at radius 3 is 2.59 bits per heavy atom. The number of nitrogens with zero attached hydrogens (tertiary/aromatic N) is 3. The quantitative estimate of drug-likeness (QED) is 0.524. The minimum absolute atomic E-state index is 0.0327. The van der Waals surface area contributed by atoms with Gasteiger partial charge in [0.25, 0.3) is 5.88 Å². The van der Waals surface area contributed by atoms with Crippen molar-refractivity contribution in [2.45, 2.75) is 13.5 Å². The van der Waals surface area contributed by atoms with E-state index in [2.05, 4.69) is 26.2 Å². The van der Waals surface area contributed by atoms with Crippen molar-refractivity contribution in [2.75, 3.05) is 13.7 Å². The number of methoxy groups -OCH3 is 1. The second-order valence-corrected chi connectivity index (χ2v) is 6.44. The molecular weight excluding hydrogens is 414 g/mol. The van der Waals surface area contributed by atoms with Gasteiger partial charge >= 0.3 is 5.97 Å². The van der Waals surface area contributed by atoms with E-state index in [0.717, 1.165) is 15.8 Å². The number of aromatic nitrogens is 3. The molecule has 7 nitrogen and oxygen atoms in total. The molecule has 0 spiro atoms. The van der Waals surface area contributed by atoms with Gasteiger partial charge in [0.2, 0.25) is 5.69 Å². The van der Waals surface area contributed by atoms with Crippen molar-refractivity contribution in [1.82, 2.24) is 15.0 Å². The third-order valence-electron chi connectivity index (χ3n) is 3.66. The summed E-state index contributed by atoms with van der Waals surface area (Å²) in [4.78, 5) is 12.2. The average molecular weight is 432 g/mol. The Bertz CT molecular complexity index is 925. The van der Waals surface area contributed by atoms with E-state index in [9.17, 15) is 4.79 Å². The predicted molar refractivity (Wildman–Crippen MR) is 102 cm³/mol. The highest BCUT2D eigenvalue weighted by Crippen LogP contribution is 2.27. The minimum atomic E-state index is -0.580. The maximum atomic E-state index is 12.2. The van der Waals surface area contributed by atoms with Crippen LogP contribution < -0.4 is 9.47 Å². The van der Waals surface area contributed by atoms with Crippen LogP contribution in [0.3, 0.4) is 0 Å². The number of halogens is 1. The second kappa shape index (κ2) is 8.68. The fourth-order valence-corrected chi connectivity index (χ4v) is 2.76. The van der Waals surface area contributed by atoms with E-state index in [4.69, 9.17) is 14.2 Å². The van der Waals surface area contributed by atoms with Crippen LogP contribution in [0.5, 0.6) is 17.4 Å². The number of rotatable bonds is 7. The summed E-state index contributed by atoms with van der Waals surface area (Å²) in [6.07, 6.45) is 0. The van der Waals surface area contributed by atoms with E-state index < -0.39 is 5.97 Å². The van der Waals surface area contributed by atoms with Gasteiger partial charge in [-0.25, -0.2) is 9.48 Å². The fourth-order valence-electron chi connectivity index (χ4n) is 2.38. The van der Waals surface area contributed by atoms with Crippen molar-refractivity contribution >= 4 is 21.9 Å². The van der Waals surface area contributed by atoms with Gasteiger partial charge < -0.3 is 14.2 Å². The number of carbonyl (C=O) groups excluding carboxylic acids is 1. The molecule has 0 saturated heterocycles. The minimum Gasteiger partial charge on any atom is -0.497 e. The molecule has 3 rings (SSSR count). The molecule has 0 aliphatic rings. The van der Waals surface area contributed by atoms with E-state index in [1.54, 1.807) is 26.2 Å². The first-order chi connectivity index (χ1) is 13.1. The topological polar surface area (TPSA) is 75.5 Å². The molecule has 0 unspecified atom stereocenters. The molecule has 3 aromatic rings. The SMILES string of the molecule is CCOC(=O)c1nnn(Cc2ccc(OC)cc2)c1Oc1cccc(Br)c1. The van der Waals surface area contributed by atoms with Gasteiger partial charge in [-0.1, -0.05) is 39.3 Å². The Balaban J connectivity index is 1.93. The summed E-state index contributed by atoms with van der Waals surface area (Å²) < 4.78 is 18.5. The van der Waals surface area contributed by atoms with Gasteiger partial charge in [0.15, 0.2) is 0 Å². The van der Waals surface area contributed by atoms with Gasteiger partial charge in [0.1, 0.15) is 11.5 Å². The number of carbonyl (C=O) groups is 1. The van der Waals surface area contributed by atoms with E-state index in [0.29, 0.717) is 12.3 Å². The van der Waals surface area contributed by atoms with Gasteiger partial charge in [0.05, 0.1) is 20.3 Å². The van der Waals surface area contributed by atoms with E-state index in [1.807, 2.05) is 36.4 Å². The van der Waals surface area contributed by atoms with Crippen molar-refractivity contribution in [1.29, 1.82) is 0 Å². The van der Waals surface area contributed by atoms with Gasteiger partial charge in [-0.05, 0) is 42.8 Å². The number of ether oxygens (including phenoxy) is 3. The monoisotopic (exact) mass is 431 g/mol. The smallest absolute Gasteiger partial charge is 0.364 e. The van der Waals surface area contributed by atoms with Crippen molar-refractivity contribution in [3.8, 4) is 17.4 Å².